The van der Waals surface area contributed by atoms with Crippen LogP contribution in [-0.2, 0) is 19.1 Å². The fraction of sp³-hybridized carbons (Fsp3) is 0.438. The molecule has 1 heterocycles. The number of amides is 1. The Bertz CT molecular complexity index is 643. The molecular formula is C16H17BrFNO5. The van der Waals surface area contributed by atoms with E-state index in [1.54, 1.807) is 0 Å². The summed E-state index contributed by atoms with van der Waals surface area (Å²) in [6.45, 7) is 0.316. The minimum absolute atomic E-state index is 0.211. The number of ether oxygens (including phenoxy) is 2. The summed E-state index contributed by atoms with van der Waals surface area (Å²) < 4.78 is 23.7. The van der Waals surface area contributed by atoms with Gasteiger partial charge in [0.1, 0.15) is 5.82 Å². The van der Waals surface area contributed by atoms with Crippen molar-refractivity contribution in [2.45, 2.75) is 12.8 Å². The van der Waals surface area contributed by atoms with E-state index in [2.05, 4.69) is 20.7 Å². The average Bonchev–Trinajstić information content (AvgIpc) is 2.60. The van der Waals surface area contributed by atoms with Gasteiger partial charge in [-0.05, 0) is 31.0 Å². The Labute approximate surface area is 147 Å². The summed E-state index contributed by atoms with van der Waals surface area (Å²) in [5.74, 6) is -2.47. The number of benzene rings is 1. The summed E-state index contributed by atoms with van der Waals surface area (Å²) >= 11 is 3.14. The molecule has 8 heteroatoms. The van der Waals surface area contributed by atoms with E-state index >= 15 is 0 Å². The van der Waals surface area contributed by atoms with Crippen LogP contribution in [0.15, 0.2) is 22.7 Å². The van der Waals surface area contributed by atoms with Crippen LogP contribution in [0.1, 0.15) is 23.2 Å². The van der Waals surface area contributed by atoms with Crippen LogP contribution in [-0.4, -0.2) is 49.6 Å². The molecule has 6 nitrogen and oxygen atoms in total. The Hall–Kier alpha value is -1.96. The van der Waals surface area contributed by atoms with Gasteiger partial charge in [-0.3, -0.25) is 9.59 Å². The second kappa shape index (κ2) is 8.23. The van der Waals surface area contributed by atoms with Crippen molar-refractivity contribution in [3.63, 3.8) is 0 Å². The van der Waals surface area contributed by atoms with Crippen LogP contribution in [0.3, 0.4) is 0 Å². The first-order valence-corrected chi connectivity index (χ1v) is 8.19. The first kappa shape index (κ1) is 18.4. The summed E-state index contributed by atoms with van der Waals surface area (Å²) in [7, 11) is 1.33. The van der Waals surface area contributed by atoms with Gasteiger partial charge in [0.05, 0.1) is 18.6 Å². The third kappa shape index (κ3) is 4.53. The fourth-order valence-corrected chi connectivity index (χ4v) is 2.84. The van der Waals surface area contributed by atoms with E-state index in [1.165, 1.54) is 24.1 Å². The van der Waals surface area contributed by atoms with Crippen molar-refractivity contribution in [3.05, 3.63) is 34.1 Å². The Morgan fingerprint density at radius 3 is 2.58 bits per heavy atom. The second-order valence-electron chi connectivity index (χ2n) is 5.38. The summed E-state index contributed by atoms with van der Waals surface area (Å²) in [4.78, 5) is 36.9. The number of methoxy groups -OCH3 is 1. The zero-order valence-corrected chi connectivity index (χ0v) is 14.7. The lowest BCUT2D eigenvalue weighted by Crippen LogP contribution is -2.42. The van der Waals surface area contributed by atoms with Gasteiger partial charge < -0.3 is 14.4 Å². The van der Waals surface area contributed by atoms with Gasteiger partial charge in [-0.1, -0.05) is 15.9 Å². The van der Waals surface area contributed by atoms with Crippen LogP contribution in [0.25, 0.3) is 0 Å². The van der Waals surface area contributed by atoms with Gasteiger partial charge in [0, 0.05) is 17.6 Å². The Morgan fingerprint density at radius 1 is 1.29 bits per heavy atom. The maximum atomic E-state index is 13.6. The van der Waals surface area contributed by atoms with Crippen LogP contribution in [0, 0.1) is 11.7 Å². The largest absolute Gasteiger partial charge is 0.469 e. The van der Waals surface area contributed by atoms with Gasteiger partial charge >= 0.3 is 11.9 Å². The predicted octanol–water partition coefficient (Wildman–Crippen LogP) is 2.16. The zero-order valence-electron chi connectivity index (χ0n) is 13.1. The molecule has 0 N–H and O–H groups in total. The molecule has 0 aromatic heterocycles. The van der Waals surface area contributed by atoms with E-state index in [9.17, 15) is 18.8 Å². The van der Waals surface area contributed by atoms with E-state index in [4.69, 9.17) is 4.74 Å². The average molecular weight is 402 g/mol. The van der Waals surface area contributed by atoms with Gasteiger partial charge in [0.2, 0.25) is 0 Å². The van der Waals surface area contributed by atoms with Gasteiger partial charge in [-0.15, -0.1) is 0 Å². The highest BCUT2D eigenvalue weighted by molar-refractivity contribution is 9.10. The van der Waals surface area contributed by atoms with E-state index < -0.39 is 18.4 Å². The molecule has 2 rings (SSSR count). The minimum atomic E-state index is -0.897. The molecule has 130 valence electrons. The molecule has 0 unspecified atom stereocenters. The number of likely N-dealkylation sites (tertiary alicyclic amines) is 1. The summed E-state index contributed by atoms with van der Waals surface area (Å²) in [5, 5.41) is 0. The summed E-state index contributed by atoms with van der Waals surface area (Å²) in [6.07, 6.45) is 1.01. The van der Waals surface area contributed by atoms with E-state index in [0.717, 1.165) is 6.07 Å². The van der Waals surface area contributed by atoms with Crippen LogP contribution < -0.4 is 0 Å². The minimum Gasteiger partial charge on any atom is -0.469 e. The number of carbonyl (C=O) groups excluding carboxylic acids is 3. The van der Waals surface area contributed by atoms with Crippen LogP contribution in [0.4, 0.5) is 4.39 Å². The highest BCUT2D eigenvalue weighted by Gasteiger charge is 2.28. The molecule has 0 saturated carbocycles. The number of esters is 2. The molecule has 0 radical (unpaired) electrons. The molecule has 1 aromatic carbocycles. The summed E-state index contributed by atoms with van der Waals surface area (Å²) in [6, 6.07) is 3.90. The second-order valence-corrected chi connectivity index (χ2v) is 6.29. The number of nitrogens with zero attached hydrogens (tertiary/aromatic N) is 1. The zero-order chi connectivity index (χ0) is 17.7. The van der Waals surface area contributed by atoms with Crippen molar-refractivity contribution in [3.8, 4) is 0 Å². The molecule has 1 aliphatic rings. The third-order valence-electron chi connectivity index (χ3n) is 3.86. The molecule has 0 spiro atoms. The standard InChI is InChI=1S/C16H17BrFNO5/c1-23-15(21)10-4-6-19(7-5-10)14(20)9-24-16(22)12-8-11(17)2-3-13(12)18/h2-3,8,10H,4-7,9H2,1H3. The SMILES string of the molecule is COC(=O)C1CCN(C(=O)COC(=O)c2cc(Br)ccc2F)CC1. The van der Waals surface area contributed by atoms with Gasteiger partial charge in [0.25, 0.3) is 5.91 Å². The lowest BCUT2D eigenvalue weighted by Gasteiger charge is -2.30. The number of hydrogen-bond donors (Lipinski definition) is 0. The highest BCUT2D eigenvalue weighted by Crippen LogP contribution is 2.19. The first-order chi connectivity index (χ1) is 11.4. The quantitative estimate of drug-likeness (QED) is 0.722. The Morgan fingerprint density at radius 2 is 1.96 bits per heavy atom. The summed E-state index contributed by atoms with van der Waals surface area (Å²) in [5.41, 5.74) is -0.235. The molecule has 1 amide bonds. The normalized spacial score (nSPS) is 15.0. The molecule has 24 heavy (non-hydrogen) atoms. The van der Waals surface area contributed by atoms with Crippen LogP contribution in [0.5, 0.6) is 0 Å². The van der Waals surface area contributed by atoms with Crippen LogP contribution in [0.2, 0.25) is 0 Å². The van der Waals surface area contributed by atoms with Gasteiger partial charge in [-0.2, -0.15) is 0 Å². The predicted molar refractivity (Wildman–Crippen MR) is 85.7 cm³/mol. The molecule has 1 aromatic rings. The molecule has 0 aliphatic carbocycles. The van der Waals surface area contributed by atoms with Gasteiger partial charge in [-0.25, -0.2) is 9.18 Å². The van der Waals surface area contributed by atoms with E-state index in [1.807, 2.05) is 0 Å². The lowest BCUT2D eigenvalue weighted by molar-refractivity contribution is -0.149. The number of hydrogen-bond acceptors (Lipinski definition) is 5. The van der Waals surface area contributed by atoms with Crippen molar-refractivity contribution in [1.82, 2.24) is 4.90 Å². The Kier molecular flexibility index (Phi) is 6.30. The number of halogens is 2. The molecule has 1 fully saturated rings. The molecule has 0 atom stereocenters. The first-order valence-electron chi connectivity index (χ1n) is 7.40. The fourth-order valence-electron chi connectivity index (χ4n) is 2.48. The van der Waals surface area contributed by atoms with E-state index in [-0.39, 0.29) is 23.4 Å². The number of carbonyl (C=O) groups is 3. The van der Waals surface area contributed by atoms with Gasteiger partial charge in [0.15, 0.2) is 6.61 Å². The van der Waals surface area contributed by atoms with Crippen LogP contribution >= 0.6 is 15.9 Å². The molecule has 0 bridgehead atoms. The Balaban J connectivity index is 1.84. The van der Waals surface area contributed by atoms with Crippen molar-refractivity contribution < 1.29 is 28.2 Å². The van der Waals surface area contributed by atoms with E-state index in [0.29, 0.717) is 30.4 Å². The number of rotatable bonds is 4. The molecule has 1 aliphatic heterocycles. The third-order valence-corrected chi connectivity index (χ3v) is 4.35. The number of piperidine rings is 1. The lowest BCUT2D eigenvalue weighted by atomic mass is 9.97. The van der Waals surface area contributed by atoms with Crippen molar-refractivity contribution in [2.24, 2.45) is 5.92 Å². The van der Waals surface area contributed by atoms with Crippen molar-refractivity contribution in [1.29, 1.82) is 0 Å². The maximum Gasteiger partial charge on any atom is 0.341 e. The topological polar surface area (TPSA) is 72.9 Å². The molecule has 1 saturated heterocycles. The highest BCUT2D eigenvalue weighted by atomic mass is 79.9. The molecular weight excluding hydrogens is 385 g/mol. The smallest absolute Gasteiger partial charge is 0.341 e. The van der Waals surface area contributed by atoms with Crippen molar-refractivity contribution >= 4 is 33.8 Å². The maximum absolute atomic E-state index is 13.6. The monoisotopic (exact) mass is 401 g/mol. The van der Waals surface area contributed by atoms with Crippen molar-refractivity contribution in [2.75, 3.05) is 26.8 Å².